The van der Waals surface area contributed by atoms with Gasteiger partial charge in [0.15, 0.2) is 24.1 Å². The maximum Gasteiger partial charge on any atom is 0.352 e. The van der Waals surface area contributed by atoms with E-state index < -0.39 is 35.1 Å². The van der Waals surface area contributed by atoms with E-state index in [1.807, 2.05) is 0 Å². The highest BCUT2D eigenvalue weighted by Crippen LogP contribution is 2.40. The summed E-state index contributed by atoms with van der Waals surface area (Å²) in [5.74, 6) is -2.76. The zero-order valence-electron chi connectivity index (χ0n) is 21.6. The van der Waals surface area contributed by atoms with Crippen LogP contribution in [-0.4, -0.2) is 72.0 Å². The van der Waals surface area contributed by atoms with Crippen molar-refractivity contribution in [2.24, 2.45) is 10.9 Å². The third-order valence-electron chi connectivity index (χ3n) is 6.76. The minimum atomic E-state index is -1.25. The molecule has 2 fully saturated rings. The van der Waals surface area contributed by atoms with Crippen molar-refractivity contribution in [3.8, 4) is 0 Å². The lowest BCUT2D eigenvalue weighted by molar-refractivity contribution is -0.687. The van der Waals surface area contributed by atoms with E-state index in [1.165, 1.54) is 16.7 Å². The Kier molecular flexibility index (Phi) is 8.30. The van der Waals surface area contributed by atoms with Gasteiger partial charge in [-0.25, -0.2) is 9.36 Å². The second-order valence-electron chi connectivity index (χ2n) is 9.50. The number of hydrogen-bond donors (Lipinski definition) is 4. The molecule has 16 heteroatoms. The fourth-order valence-corrected chi connectivity index (χ4v) is 6.43. The van der Waals surface area contributed by atoms with Crippen molar-refractivity contribution in [1.29, 1.82) is 0 Å². The first-order valence-corrected chi connectivity index (χ1v) is 14.6. The van der Waals surface area contributed by atoms with Crippen LogP contribution in [0.4, 0.5) is 5.13 Å². The molecule has 1 saturated heterocycles. The number of β-lactam (4-membered cyclic amide) rings is 1. The standard InChI is InChI=1S/C25H26N8O6S2/c26-19(34)13-7-10-32(11-8-13)9-3-4-14-12-40-23-17(22(36)33(23)18(14)24(37)38)28-21(35)16(20-29-25(27)41-31-20)30-39-15-5-1-2-6-15/h3-4,7-8,10-11,15,17,23H,1-2,5-6,9,12H2,(H5-,26,27,28,29,31,34,35,37,38)/p+1/b4-3+,30-16+/t17?,23-/m1/s1. The first-order chi connectivity index (χ1) is 19.7. The number of aromatic nitrogens is 3. The molecule has 1 aliphatic carbocycles. The SMILES string of the molecule is NC(=O)c1cc[n+](C/C=C/C2=C(C(=O)O)N3C(=O)C(NC(=O)/C(=N/OC4CCCC4)c4nsc(N)n4)[C@H]3SC2)cc1. The molecule has 1 saturated carbocycles. The number of nitrogens with zero attached hydrogens (tertiary/aromatic N) is 5. The van der Waals surface area contributed by atoms with Crippen LogP contribution < -0.4 is 21.4 Å². The molecule has 6 N–H and O–H groups in total. The Hall–Kier alpha value is -4.31. The second kappa shape index (κ2) is 12.1. The van der Waals surface area contributed by atoms with Crippen LogP contribution >= 0.6 is 23.3 Å². The van der Waals surface area contributed by atoms with E-state index in [1.54, 1.807) is 41.2 Å². The molecule has 0 aromatic carbocycles. The number of carboxylic acid groups (broad SMARTS) is 1. The Bertz CT molecular complexity index is 1460. The Morgan fingerprint density at radius 2 is 2.00 bits per heavy atom. The first-order valence-electron chi connectivity index (χ1n) is 12.7. The summed E-state index contributed by atoms with van der Waals surface area (Å²) in [5, 5.41) is 16.1. The summed E-state index contributed by atoms with van der Waals surface area (Å²) in [6.07, 6.45) is 10.3. The number of allylic oxidation sites excluding steroid dienone is 2. The van der Waals surface area contributed by atoms with Gasteiger partial charge in [-0.05, 0) is 37.3 Å². The van der Waals surface area contributed by atoms with E-state index in [-0.39, 0.29) is 28.5 Å². The maximum absolute atomic E-state index is 13.2. The highest BCUT2D eigenvalue weighted by molar-refractivity contribution is 8.00. The number of nitrogens with one attached hydrogen (secondary N) is 1. The first kappa shape index (κ1) is 28.2. The van der Waals surface area contributed by atoms with Crippen molar-refractivity contribution in [3.05, 3.63) is 59.3 Å². The number of nitrogen functional groups attached to an aromatic ring is 1. The van der Waals surface area contributed by atoms with Crippen molar-refractivity contribution in [1.82, 2.24) is 19.6 Å². The number of amides is 3. The molecule has 41 heavy (non-hydrogen) atoms. The van der Waals surface area contributed by atoms with Crippen LogP contribution in [0.1, 0.15) is 41.9 Å². The molecule has 2 aliphatic heterocycles. The number of hydrogen-bond acceptors (Lipinski definition) is 11. The van der Waals surface area contributed by atoms with Gasteiger partial charge in [0, 0.05) is 29.4 Å². The molecule has 0 radical (unpaired) electrons. The van der Waals surface area contributed by atoms with Crippen molar-refractivity contribution >= 4 is 57.8 Å². The Morgan fingerprint density at radius 3 is 2.63 bits per heavy atom. The minimum Gasteiger partial charge on any atom is -0.477 e. The zero-order valence-corrected chi connectivity index (χ0v) is 23.3. The topological polar surface area (TPSA) is 207 Å². The quantitative estimate of drug-likeness (QED) is 0.126. The summed E-state index contributed by atoms with van der Waals surface area (Å²) in [6.45, 7) is 0.399. The monoisotopic (exact) mass is 599 g/mol. The van der Waals surface area contributed by atoms with Crippen LogP contribution in [0.25, 0.3) is 0 Å². The summed E-state index contributed by atoms with van der Waals surface area (Å²) >= 11 is 2.23. The van der Waals surface area contributed by atoms with Crippen LogP contribution in [0.3, 0.4) is 0 Å². The fourth-order valence-electron chi connectivity index (χ4n) is 4.68. The number of primary amides is 1. The highest BCUT2D eigenvalue weighted by atomic mass is 32.2. The summed E-state index contributed by atoms with van der Waals surface area (Å²) < 4.78 is 5.84. The number of pyridine rings is 1. The predicted molar refractivity (Wildman–Crippen MR) is 148 cm³/mol. The average molecular weight is 600 g/mol. The number of thioether (sulfide) groups is 1. The van der Waals surface area contributed by atoms with Crippen LogP contribution in [0.5, 0.6) is 0 Å². The van der Waals surface area contributed by atoms with Gasteiger partial charge in [-0.1, -0.05) is 11.2 Å². The third-order valence-corrected chi connectivity index (χ3v) is 8.61. The number of aliphatic carboxylic acids is 1. The number of carboxylic acids is 1. The van der Waals surface area contributed by atoms with E-state index in [0.717, 1.165) is 37.2 Å². The average Bonchev–Trinajstić information content (AvgIpc) is 3.63. The van der Waals surface area contributed by atoms with Gasteiger partial charge in [-0.3, -0.25) is 19.3 Å². The van der Waals surface area contributed by atoms with Crippen molar-refractivity contribution in [3.63, 3.8) is 0 Å². The third kappa shape index (κ3) is 6.07. The summed E-state index contributed by atoms with van der Waals surface area (Å²) in [6, 6.07) is 2.20. The van der Waals surface area contributed by atoms with E-state index in [2.05, 4.69) is 19.8 Å². The lowest BCUT2D eigenvalue weighted by atomic mass is 10.0. The van der Waals surface area contributed by atoms with Crippen LogP contribution in [0.15, 0.2) is 53.1 Å². The molecule has 1 unspecified atom stereocenters. The van der Waals surface area contributed by atoms with Crippen LogP contribution in [-0.2, 0) is 25.8 Å². The van der Waals surface area contributed by atoms with E-state index >= 15 is 0 Å². The second-order valence-corrected chi connectivity index (χ2v) is 11.4. The van der Waals surface area contributed by atoms with Crippen LogP contribution in [0, 0.1) is 0 Å². The van der Waals surface area contributed by atoms with Gasteiger partial charge in [-0.15, -0.1) is 11.8 Å². The lowest BCUT2D eigenvalue weighted by Crippen LogP contribution is -2.71. The van der Waals surface area contributed by atoms with Gasteiger partial charge >= 0.3 is 5.97 Å². The molecule has 3 amide bonds. The molecule has 4 heterocycles. The smallest absolute Gasteiger partial charge is 0.352 e. The van der Waals surface area contributed by atoms with E-state index in [9.17, 15) is 24.3 Å². The highest BCUT2D eigenvalue weighted by Gasteiger charge is 2.54. The largest absolute Gasteiger partial charge is 0.477 e. The molecule has 5 rings (SSSR count). The molecule has 2 aromatic heterocycles. The minimum absolute atomic E-state index is 0.0106. The molecular weight excluding hydrogens is 572 g/mol. The number of rotatable bonds is 10. The predicted octanol–water partition coefficient (Wildman–Crippen LogP) is 0.165. The van der Waals surface area contributed by atoms with E-state index in [4.69, 9.17) is 16.3 Å². The molecular formula is C25H27N8O6S2+. The van der Waals surface area contributed by atoms with Gasteiger partial charge < -0.3 is 26.7 Å². The fraction of sp³-hybridized carbons (Fsp3) is 0.360. The molecule has 0 spiro atoms. The number of fused-ring (bicyclic) bond motifs is 1. The number of anilines is 1. The maximum atomic E-state index is 13.2. The lowest BCUT2D eigenvalue weighted by Gasteiger charge is -2.49. The van der Waals surface area contributed by atoms with Gasteiger partial charge in [0.05, 0.1) is 5.56 Å². The number of carbonyl (C=O) groups excluding carboxylic acids is 3. The molecule has 214 valence electrons. The molecule has 0 bridgehead atoms. The normalized spacial score (nSPS) is 21.1. The Balaban J connectivity index is 1.28. The van der Waals surface area contributed by atoms with Gasteiger partial charge in [0.2, 0.25) is 17.4 Å². The molecule has 14 nitrogen and oxygen atoms in total. The molecule has 2 atom stereocenters. The molecule has 2 aromatic rings. The summed E-state index contributed by atoms with van der Waals surface area (Å²) in [4.78, 5) is 60.5. The zero-order chi connectivity index (χ0) is 29.1. The Labute approximate surface area is 242 Å². The molecule has 3 aliphatic rings. The van der Waals surface area contributed by atoms with Gasteiger partial charge in [0.1, 0.15) is 23.2 Å². The Morgan fingerprint density at radius 1 is 1.27 bits per heavy atom. The van der Waals surface area contributed by atoms with Crippen molar-refractivity contribution < 1.29 is 33.7 Å². The number of nitrogens with two attached hydrogens (primary N) is 2. The van der Waals surface area contributed by atoms with Gasteiger partial charge in [-0.2, -0.15) is 9.36 Å². The van der Waals surface area contributed by atoms with Crippen molar-refractivity contribution in [2.75, 3.05) is 11.5 Å². The number of carbonyl (C=O) groups is 4. The van der Waals surface area contributed by atoms with Crippen molar-refractivity contribution in [2.45, 2.75) is 49.7 Å². The van der Waals surface area contributed by atoms with Crippen LogP contribution in [0.2, 0.25) is 0 Å². The number of oxime groups is 1. The van der Waals surface area contributed by atoms with E-state index in [0.29, 0.717) is 23.4 Å². The van der Waals surface area contributed by atoms with Gasteiger partial charge in [0.25, 0.3) is 11.8 Å². The summed E-state index contributed by atoms with van der Waals surface area (Å²) in [5.41, 5.74) is 11.5. The summed E-state index contributed by atoms with van der Waals surface area (Å²) in [7, 11) is 0.